The van der Waals surface area contributed by atoms with Gasteiger partial charge in [-0.05, 0) is 24.8 Å². The van der Waals surface area contributed by atoms with Gasteiger partial charge in [-0.2, -0.15) is 5.26 Å². The summed E-state index contributed by atoms with van der Waals surface area (Å²) in [5.41, 5.74) is 0. The molecule has 0 amide bonds. The quantitative estimate of drug-likeness (QED) is 0.478. The summed E-state index contributed by atoms with van der Waals surface area (Å²) in [6, 6.07) is 2.44. The summed E-state index contributed by atoms with van der Waals surface area (Å²) in [5.74, 6) is 1.58. The molecule has 2 aliphatic rings. The SMILES string of the molecule is N#CC1NCC2CC21. The van der Waals surface area contributed by atoms with Gasteiger partial charge in [0.25, 0.3) is 0 Å². The summed E-state index contributed by atoms with van der Waals surface area (Å²) >= 11 is 0. The molecule has 0 spiro atoms. The Bertz CT molecular complexity index is 147. The van der Waals surface area contributed by atoms with Gasteiger partial charge < -0.3 is 5.32 Å². The first-order valence-electron chi connectivity index (χ1n) is 3.05. The molecule has 1 N–H and O–H groups in total. The molecule has 0 aromatic carbocycles. The standard InChI is InChI=1S/C6H8N2/c7-2-6-5-1-4(5)3-8-6/h4-6,8H,1,3H2. The maximum Gasteiger partial charge on any atom is 0.0984 e. The molecule has 0 aromatic rings. The number of nitriles is 1. The Labute approximate surface area is 48.5 Å². The van der Waals surface area contributed by atoms with Crippen LogP contribution in [0.5, 0.6) is 0 Å². The fraction of sp³-hybridized carbons (Fsp3) is 0.833. The normalized spacial score (nSPS) is 50.1. The van der Waals surface area contributed by atoms with E-state index in [1.807, 2.05) is 0 Å². The van der Waals surface area contributed by atoms with Crippen molar-refractivity contribution in [2.75, 3.05) is 6.54 Å². The average Bonchev–Trinajstić information content (AvgIpc) is 2.46. The molecule has 1 saturated carbocycles. The van der Waals surface area contributed by atoms with Crippen LogP contribution < -0.4 is 5.32 Å². The third-order valence-electron chi connectivity index (χ3n) is 2.14. The number of hydrogen-bond acceptors (Lipinski definition) is 2. The predicted octanol–water partition coefficient (Wildman–Crippen LogP) is 0.118. The van der Waals surface area contributed by atoms with Crippen molar-refractivity contribution in [2.24, 2.45) is 11.8 Å². The van der Waals surface area contributed by atoms with Gasteiger partial charge in [-0.15, -0.1) is 0 Å². The first-order valence-corrected chi connectivity index (χ1v) is 3.05. The maximum absolute atomic E-state index is 8.45. The van der Waals surface area contributed by atoms with Crippen LogP contribution in [0.4, 0.5) is 0 Å². The number of fused-ring (bicyclic) bond motifs is 1. The van der Waals surface area contributed by atoms with E-state index in [1.165, 1.54) is 6.42 Å². The molecule has 2 nitrogen and oxygen atoms in total. The van der Waals surface area contributed by atoms with E-state index in [0.717, 1.165) is 18.4 Å². The van der Waals surface area contributed by atoms with Gasteiger partial charge in [-0.25, -0.2) is 0 Å². The van der Waals surface area contributed by atoms with Crippen LogP contribution >= 0.6 is 0 Å². The molecule has 2 fully saturated rings. The highest BCUT2D eigenvalue weighted by Crippen LogP contribution is 2.44. The summed E-state index contributed by atoms with van der Waals surface area (Å²) in [6.45, 7) is 1.09. The minimum absolute atomic E-state index is 0.194. The summed E-state index contributed by atoms with van der Waals surface area (Å²) in [5, 5.41) is 11.6. The molecule has 1 aliphatic heterocycles. The molecule has 42 valence electrons. The van der Waals surface area contributed by atoms with E-state index in [0.29, 0.717) is 0 Å². The Balaban J connectivity index is 2.09. The van der Waals surface area contributed by atoms with E-state index < -0.39 is 0 Å². The molecule has 3 atom stereocenters. The van der Waals surface area contributed by atoms with Crippen LogP contribution in [0.25, 0.3) is 0 Å². The molecule has 8 heavy (non-hydrogen) atoms. The van der Waals surface area contributed by atoms with Crippen molar-refractivity contribution in [3.8, 4) is 6.07 Å². The van der Waals surface area contributed by atoms with Crippen molar-refractivity contribution < 1.29 is 0 Å². The van der Waals surface area contributed by atoms with E-state index in [-0.39, 0.29) is 6.04 Å². The molecule has 0 radical (unpaired) electrons. The number of piperidine rings is 1. The zero-order chi connectivity index (χ0) is 5.56. The molecule has 3 unspecified atom stereocenters. The van der Waals surface area contributed by atoms with E-state index in [9.17, 15) is 0 Å². The molecule has 2 rings (SSSR count). The second-order valence-corrected chi connectivity index (χ2v) is 2.67. The Kier molecular flexibility index (Phi) is 0.671. The van der Waals surface area contributed by atoms with Crippen LogP contribution in [-0.4, -0.2) is 12.6 Å². The van der Waals surface area contributed by atoms with Crippen LogP contribution in [0.15, 0.2) is 0 Å². The minimum atomic E-state index is 0.194. The van der Waals surface area contributed by atoms with Gasteiger partial charge in [0.1, 0.15) is 0 Å². The lowest BCUT2D eigenvalue weighted by Gasteiger charge is -1.98. The van der Waals surface area contributed by atoms with Crippen LogP contribution in [0, 0.1) is 23.2 Å². The smallest absolute Gasteiger partial charge is 0.0984 e. The van der Waals surface area contributed by atoms with Crippen molar-refractivity contribution in [3.05, 3.63) is 0 Å². The highest BCUT2D eigenvalue weighted by molar-refractivity contribution is 5.11. The molecule has 0 bridgehead atoms. The topological polar surface area (TPSA) is 35.8 Å². The van der Waals surface area contributed by atoms with Crippen molar-refractivity contribution in [2.45, 2.75) is 12.5 Å². The summed E-state index contributed by atoms with van der Waals surface area (Å²) < 4.78 is 0. The van der Waals surface area contributed by atoms with Crippen LogP contribution in [0.3, 0.4) is 0 Å². The number of nitrogens with one attached hydrogen (secondary N) is 1. The Morgan fingerprint density at radius 2 is 2.50 bits per heavy atom. The lowest BCUT2D eigenvalue weighted by molar-refractivity contribution is 0.640. The summed E-state index contributed by atoms with van der Waals surface area (Å²) in [4.78, 5) is 0. The maximum atomic E-state index is 8.45. The zero-order valence-electron chi connectivity index (χ0n) is 4.59. The predicted molar refractivity (Wildman–Crippen MR) is 29.0 cm³/mol. The fourth-order valence-corrected chi connectivity index (χ4v) is 1.49. The van der Waals surface area contributed by atoms with Crippen molar-refractivity contribution in [1.29, 1.82) is 5.26 Å². The van der Waals surface area contributed by atoms with Gasteiger partial charge in [0.2, 0.25) is 0 Å². The van der Waals surface area contributed by atoms with Crippen LogP contribution in [-0.2, 0) is 0 Å². The number of hydrogen-bond donors (Lipinski definition) is 1. The lowest BCUT2D eigenvalue weighted by Crippen LogP contribution is -2.23. The summed E-state index contributed by atoms with van der Waals surface area (Å²) in [6.07, 6.45) is 1.30. The number of rotatable bonds is 0. The first kappa shape index (κ1) is 4.34. The molecule has 0 aromatic heterocycles. The van der Waals surface area contributed by atoms with Crippen molar-refractivity contribution in [1.82, 2.24) is 5.32 Å². The van der Waals surface area contributed by atoms with E-state index in [4.69, 9.17) is 5.26 Å². The molecule has 1 saturated heterocycles. The van der Waals surface area contributed by atoms with E-state index >= 15 is 0 Å². The Hall–Kier alpha value is -0.550. The third kappa shape index (κ3) is 0.399. The molecule has 2 heteroatoms. The minimum Gasteiger partial charge on any atom is -0.301 e. The molecule has 1 aliphatic carbocycles. The second kappa shape index (κ2) is 1.24. The zero-order valence-corrected chi connectivity index (χ0v) is 4.59. The van der Waals surface area contributed by atoms with Crippen molar-refractivity contribution >= 4 is 0 Å². The van der Waals surface area contributed by atoms with Crippen LogP contribution in [0.2, 0.25) is 0 Å². The summed E-state index contributed by atoms with van der Waals surface area (Å²) in [7, 11) is 0. The Morgan fingerprint density at radius 1 is 1.62 bits per heavy atom. The fourth-order valence-electron chi connectivity index (χ4n) is 1.49. The highest BCUT2D eigenvalue weighted by atomic mass is 15.0. The van der Waals surface area contributed by atoms with Crippen LogP contribution in [0.1, 0.15) is 6.42 Å². The number of nitrogens with zero attached hydrogens (tertiary/aromatic N) is 1. The monoisotopic (exact) mass is 108 g/mol. The molecular formula is C6H8N2. The largest absolute Gasteiger partial charge is 0.301 e. The Morgan fingerprint density at radius 3 is 2.75 bits per heavy atom. The van der Waals surface area contributed by atoms with Gasteiger partial charge in [0.05, 0.1) is 12.1 Å². The average molecular weight is 108 g/mol. The third-order valence-corrected chi connectivity index (χ3v) is 2.14. The van der Waals surface area contributed by atoms with E-state index in [2.05, 4.69) is 11.4 Å². The highest BCUT2D eigenvalue weighted by Gasteiger charge is 2.48. The second-order valence-electron chi connectivity index (χ2n) is 2.67. The molecule has 1 heterocycles. The van der Waals surface area contributed by atoms with E-state index in [1.54, 1.807) is 0 Å². The van der Waals surface area contributed by atoms with Gasteiger partial charge in [-0.1, -0.05) is 0 Å². The first-order chi connectivity index (χ1) is 3.92. The molecular weight excluding hydrogens is 100 g/mol. The van der Waals surface area contributed by atoms with Gasteiger partial charge in [0.15, 0.2) is 0 Å². The van der Waals surface area contributed by atoms with Gasteiger partial charge >= 0.3 is 0 Å². The van der Waals surface area contributed by atoms with Crippen molar-refractivity contribution in [3.63, 3.8) is 0 Å². The van der Waals surface area contributed by atoms with Gasteiger partial charge in [-0.3, -0.25) is 0 Å². The lowest BCUT2D eigenvalue weighted by atomic mass is 10.2. The van der Waals surface area contributed by atoms with Gasteiger partial charge in [0, 0.05) is 0 Å².